The van der Waals surface area contributed by atoms with Crippen molar-refractivity contribution in [1.82, 2.24) is 14.5 Å². The molecule has 0 amide bonds. The molecule has 1 aliphatic rings. The Morgan fingerprint density at radius 1 is 1.16 bits per heavy atom. The van der Waals surface area contributed by atoms with Crippen LogP contribution in [0.4, 0.5) is 0 Å². The van der Waals surface area contributed by atoms with Gasteiger partial charge in [0.15, 0.2) is 0 Å². The maximum Gasteiger partial charge on any atom is 0.243 e. The Hall–Kier alpha value is -2.19. The Morgan fingerprint density at radius 2 is 1.88 bits per heavy atom. The molecule has 0 spiro atoms. The van der Waals surface area contributed by atoms with Gasteiger partial charge in [0, 0.05) is 25.4 Å². The van der Waals surface area contributed by atoms with Gasteiger partial charge < -0.3 is 9.47 Å². The predicted octanol–water partition coefficient (Wildman–Crippen LogP) is 2.11. The second-order valence-corrected chi connectivity index (χ2v) is 7.63. The molecule has 2 heterocycles. The van der Waals surface area contributed by atoms with Crippen LogP contribution in [-0.2, 0) is 10.0 Å². The number of benzene rings is 1. The van der Waals surface area contributed by atoms with Gasteiger partial charge in [-0.3, -0.25) is 0 Å². The number of hydrogen-bond acceptors (Lipinski definition) is 6. The van der Waals surface area contributed by atoms with Crippen molar-refractivity contribution in [2.75, 3.05) is 19.7 Å². The number of piperidine rings is 1. The number of nitrogens with zero attached hydrogens (tertiary/aromatic N) is 3. The lowest BCUT2D eigenvalue weighted by Crippen LogP contribution is -2.41. The van der Waals surface area contributed by atoms with Crippen molar-refractivity contribution in [2.24, 2.45) is 0 Å². The van der Waals surface area contributed by atoms with E-state index in [0.29, 0.717) is 44.2 Å². The minimum Gasteiger partial charge on any atom is -0.494 e. The van der Waals surface area contributed by atoms with E-state index in [4.69, 9.17) is 9.47 Å². The van der Waals surface area contributed by atoms with E-state index in [0.717, 1.165) is 0 Å². The molecule has 0 N–H and O–H groups in total. The third kappa shape index (κ3) is 4.26. The molecule has 0 unspecified atom stereocenters. The summed E-state index contributed by atoms with van der Waals surface area (Å²) in [6, 6.07) is 10.0. The van der Waals surface area contributed by atoms with Crippen molar-refractivity contribution < 1.29 is 17.9 Å². The third-order valence-corrected chi connectivity index (χ3v) is 5.92. The lowest BCUT2D eigenvalue weighted by molar-refractivity contribution is 0.128. The summed E-state index contributed by atoms with van der Waals surface area (Å²) in [6.07, 6.45) is 2.77. The average Bonchev–Trinajstić information content (AvgIpc) is 2.64. The maximum absolute atomic E-state index is 12.7. The molecule has 1 saturated heterocycles. The third-order valence-electron chi connectivity index (χ3n) is 4.01. The molecule has 8 heteroatoms. The summed E-state index contributed by atoms with van der Waals surface area (Å²) < 4.78 is 38.1. The van der Waals surface area contributed by atoms with Crippen molar-refractivity contribution in [1.29, 1.82) is 0 Å². The van der Waals surface area contributed by atoms with Crippen LogP contribution >= 0.6 is 0 Å². The Labute approximate surface area is 147 Å². The zero-order valence-corrected chi connectivity index (χ0v) is 14.9. The normalized spacial score (nSPS) is 16.5. The fraction of sp³-hybridized carbons (Fsp3) is 0.412. The van der Waals surface area contributed by atoms with E-state index in [1.807, 2.05) is 6.92 Å². The molecule has 0 saturated carbocycles. The zero-order chi connectivity index (χ0) is 17.7. The zero-order valence-electron chi connectivity index (χ0n) is 14.0. The Kier molecular flexibility index (Phi) is 5.50. The molecule has 1 aromatic carbocycles. The molecule has 2 aromatic rings. The number of hydrogen-bond donors (Lipinski definition) is 0. The summed E-state index contributed by atoms with van der Waals surface area (Å²) in [7, 11) is -3.50. The van der Waals surface area contributed by atoms with Crippen molar-refractivity contribution in [3.05, 3.63) is 42.6 Å². The number of rotatable bonds is 6. The summed E-state index contributed by atoms with van der Waals surface area (Å²) >= 11 is 0. The van der Waals surface area contributed by atoms with E-state index in [2.05, 4.69) is 10.2 Å². The summed E-state index contributed by atoms with van der Waals surface area (Å²) in [5.74, 6) is 1.13. The molecule has 134 valence electrons. The van der Waals surface area contributed by atoms with Gasteiger partial charge in [0.2, 0.25) is 15.9 Å². The first-order valence-electron chi connectivity index (χ1n) is 8.27. The molecule has 25 heavy (non-hydrogen) atoms. The maximum atomic E-state index is 12.7. The number of aromatic nitrogens is 2. The first kappa shape index (κ1) is 17.6. The Bertz CT molecular complexity index is 773. The first-order chi connectivity index (χ1) is 12.1. The van der Waals surface area contributed by atoms with Crippen molar-refractivity contribution in [2.45, 2.75) is 30.8 Å². The van der Waals surface area contributed by atoms with Crippen LogP contribution < -0.4 is 9.47 Å². The van der Waals surface area contributed by atoms with Crippen LogP contribution in [0, 0.1) is 0 Å². The van der Waals surface area contributed by atoms with Gasteiger partial charge in [-0.25, -0.2) is 8.42 Å². The second kappa shape index (κ2) is 7.79. The molecule has 1 aromatic heterocycles. The second-order valence-electron chi connectivity index (χ2n) is 5.69. The molecule has 1 fully saturated rings. The first-order valence-corrected chi connectivity index (χ1v) is 9.71. The highest BCUT2D eigenvalue weighted by atomic mass is 32.2. The fourth-order valence-corrected chi connectivity index (χ4v) is 4.20. The molecule has 0 radical (unpaired) electrons. The van der Waals surface area contributed by atoms with Gasteiger partial charge in [0.1, 0.15) is 11.9 Å². The lowest BCUT2D eigenvalue weighted by Gasteiger charge is -2.31. The largest absolute Gasteiger partial charge is 0.494 e. The molecule has 1 aliphatic heterocycles. The average molecular weight is 363 g/mol. The van der Waals surface area contributed by atoms with Gasteiger partial charge in [-0.1, -0.05) is 0 Å². The molecule has 3 rings (SSSR count). The number of ether oxygens (including phenoxy) is 2. The molecular formula is C17H21N3O4S. The topological polar surface area (TPSA) is 81.6 Å². The van der Waals surface area contributed by atoms with Gasteiger partial charge in [0.05, 0.1) is 11.5 Å². The summed E-state index contributed by atoms with van der Waals surface area (Å²) in [4.78, 5) is 0.282. The van der Waals surface area contributed by atoms with Crippen LogP contribution in [0.2, 0.25) is 0 Å². The van der Waals surface area contributed by atoms with Crippen LogP contribution in [0.15, 0.2) is 47.5 Å². The van der Waals surface area contributed by atoms with Crippen molar-refractivity contribution in [3.8, 4) is 11.6 Å². The van der Waals surface area contributed by atoms with E-state index in [-0.39, 0.29) is 11.0 Å². The smallest absolute Gasteiger partial charge is 0.243 e. The summed E-state index contributed by atoms with van der Waals surface area (Å²) in [5, 5.41) is 7.67. The summed E-state index contributed by atoms with van der Waals surface area (Å²) in [6.45, 7) is 3.27. The van der Waals surface area contributed by atoms with Crippen LogP contribution in [0.1, 0.15) is 19.8 Å². The SMILES string of the molecule is CCOc1ccc(S(=O)(=O)N2CCC(Oc3cccnn3)CC2)cc1. The minimum atomic E-state index is -3.50. The van der Waals surface area contributed by atoms with Crippen LogP contribution in [0.5, 0.6) is 11.6 Å². The predicted molar refractivity (Wildman–Crippen MR) is 92.1 cm³/mol. The molecule has 0 bridgehead atoms. The van der Waals surface area contributed by atoms with Crippen LogP contribution in [0.25, 0.3) is 0 Å². The van der Waals surface area contributed by atoms with Gasteiger partial charge in [-0.2, -0.15) is 9.40 Å². The number of sulfonamides is 1. The van der Waals surface area contributed by atoms with Crippen molar-refractivity contribution in [3.63, 3.8) is 0 Å². The Morgan fingerprint density at radius 3 is 2.48 bits per heavy atom. The molecule has 0 aliphatic carbocycles. The standard InChI is InChI=1S/C17H21N3O4S/c1-2-23-14-5-7-16(8-6-14)25(21,22)20-12-9-15(10-13-20)24-17-4-3-11-18-19-17/h3-8,11,15H,2,9-10,12-13H2,1H3. The summed E-state index contributed by atoms with van der Waals surface area (Å²) in [5.41, 5.74) is 0. The van der Waals surface area contributed by atoms with Crippen molar-refractivity contribution >= 4 is 10.0 Å². The fourth-order valence-electron chi connectivity index (χ4n) is 2.73. The molecule has 7 nitrogen and oxygen atoms in total. The van der Waals surface area contributed by atoms with E-state index in [1.54, 1.807) is 42.6 Å². The minimum absolute atomic E-state index is 0.0523. The van der Waals surface area contributed by atoms with Gasteiger partial charge in [-0.05, 0) is 50.1 Å². The van der Waals surface area contributed by atoms with Gasteiger partial charge in [-0.15, -0.1) is 5.10 Å². The molecular weight excluding hydrogens is 342 g/mol. The van der Waals surface area contributed by atoms with Gasteiger partial charge >= 0.3 is 0 Å². The van der Waals surface area contributed by atoms with Gasteiger partial charge in [0.25, 0.3) is 0 Å². The van der Waals surface area contributed by atoms with E-state index in [1.165, 1.54) is 4.31 Å². The van der Waals surface area contributed by atoms with Crippen LogP contribution in [-0.4, -0.2) is 48.7 Å². The highest BCUT2D eigenvalue weighted by Gasteiger charge is 2.30. The quantitative estimate of drug-likeness (QED) is 0.782. The Balaban J connectivity index is 1.61. The molecule has 0 atom stereocenters. The monoisotopic (exact) mass is 363 g/mol. The van der Waals surface area contributed by atoms with E-state index >= 15 is 0 Å². The lowest BCUT2D eigenvalue weighted by atomic mass is 10.1. The van der Waals surface area contributed by atoms with E-state index in [9.17, 15) is 8.42 Å². The highest BCUT2D eigenvalue weighted by Crippen LogP contribution is 2.24. The van der Waals surface area contributed by atoms with Crippen LogP contribution in [0.3, 0.4) is 0 Å². The van der Waals surface area contributed by atoms with E-state index < -0.39 is 10.0 Å². The highest BCUT2D eigenvalue weighted by molar-refractivity contribution is 7.89.